The molecule has 2 atom stereocenters. The molecule has 1 heterocycles. The highest BCUT2D eigenvalue weighted by Crippen LogP contribution is 2.32. The summed E-state index contributed by atoms with van der Waals surface area (Å²) in [5, 5.41) is 0.665. The van der Waals surface area contributed by atoms with Crippen molar-refractivity contribution in [2.45, 2.75) is 25.8 Å². The molecule has 18 heavy (non-hydrogen) atoms. The van der Waals surface area contributed by atoms with Crippen molar-refractivity contribution in [2.75, 3.05) is 25.1 Å². The van der Waals surface area contributed by atoms with E-state index in [0.717, 1.165) is 30.9 Å². The molecular weight excluding hydrogens is 248 g/mol. The summed E-state index contributed by atoms with van der Waals surface area (Å²) < 4.78 is 5.17. The van der Waals surface area contributed by atoms with Gasteiger partial charge < -0.3 is 15.4 Å². The summed E-state index contributed by atoms with van der Waals surface area (Å²) in [6.07, 6.45) is 2.21. The van der Waals surface area contributed by atoms with E-state index in [2.05, 4.69) is 17.9 Å². The predicted molar refractivity (Wildman–Crippen MR) is 76.6 cm³/mol. The summed E-state index contributed by atoms with van der Waals surface area (Å²) in [7, 11) is 1.63. The van der Waals surface area contributed by atoms with Gasteiger partial charge in [-0.2, -0.15) is 0 Å². The highest BCUT2D eigenvalue weighted by molar-refractivity contribution is 6.32. The smallest absolute Gasteiger partial charge is 0.137 e. The molecule has 0 radical (unpaired) electrons. The van der Waals surface area contributed by atoms with Gasteiger partial charge in [-0.05, 0) is 37.0 Å². The minimum atomic E-state index is 0.309. The van der Waals surface area contributed by atoms with Gasteiger partial charge in [0.1, 0.15) is 5.75 Å². The van der Waals surface area contributed by atoms with Crippen LogP contribution in [0.2, 0.25) is 5.02 Å². The van der Waals surface area contributed by atoms with Gasteiger partial charge in [0, 0.05) is 24.8 Å². The van der Waals surface area contributed by atoms with Crippen LogP contribution in [0.4, 0.5) is 5.69 Å². The second-order valence-corrected chi connectivity index (χ2v) is 5.29. The Bertz CT molecular complexity index is 411. The van der Waals surface area contributed by atoms with Gasteiger partial charge in [-0.25, -0.2) is 0 Å². The van der Waals surface area contributed by atoms with E-state index in [1.807, 2.05) is 12.1 Å². The van der Waals surface area contributed by atoms with E-state index in [9.17, 15) is 0 Å². The number of benzene rings is 1. The Morgan fingerprint density at radius 3 is 2.94 bits per heavy atom. The molecule has 2 rings (SSSR count). The lowest BCUT2D eigenvalue weighted by Gasteiger charge is -2.21. The molecule has 1 aromatic carbocycles. The molecule has 3 nitrogen and oxygen atoms in total. The van der Waals surface area contributed by atoms with Crippen molar-refractivity contribution in [3.05, 3.63) is 23.2 Å². The average molecular weight is 269 g/mol. The zero-order chi connectivity index (χ0) is 13.1. The van der Waals surface area contributed by atoms with Crippen LogP contribution < -0.4 is 15.4 Å². The van der Waals surface area contributed by atoms with Crippen LogP contribution in [-0.2, 0) is 0 Å². The molecule has 0 aromatic heterocycles. The van der Waals surface area contributed by atoms with E-state index < -0.39 is 0 Å². The molecule has 0 amide bonds. The first kappa shape index (κ1) is 13.5. The third kappa shape index (κ3) is 2.73. The van der Waals surface area contributed by atoms with Crippen molar-refractivity contribution in [3.8, 4) is 5.75 Å². The van der Waals surface area contributed by atoms with Crippen LogP contribution in [-0.4, -0.2) is 26.2 Å². The van der Waals surface area contributed by atoms with Gasteiger partial charge in [0.15, 0.2) is 0 Å². The van der Waals surface area contributed by atoms with E-state index in [4.69, 9.17) is 22.1 Å². The van der Waals surface area contributed by atoms with Crippen LogP contribution in [0.1, 0.15) is 19.8 Å². The molecule has 1 fully saturated rings. The minimum Gasteiger partial charge on any atom is -0.495 e. The maximum atomic E-state index is 6.16. The molecule has 1 aromatic rings. The van der Waals surface area contributed by atoms with Gasteiger partial charge in [0.2, 0.25) is 0 Å². The standard InChI is InChI=1S/C14H21ClN2O/c1-3-13(16)10-6-7-17(9-10)11-4-5-14(18-2)12(15)8-11/h4-5,8,10,13H,3,6-7,9,16H2,1-2H3. The first-order valence-corrected chi connectivity index (χ1v) is 6.87. The number of anilines is 1. The second-order valence-electron chi connectivity index (χ2n) is 4.89. The van der Waals surface area contributed by atoms with Gasteiger partial charge in [-0.1, -0.05) is 18.5 Å². The summed E-state index contributed by atoms with van der Waals surface area (Å²) in [4.78, 5) is 2.35. The van der Waals surface area contributed by atoms with E-state index in [0.29, 0.717) is 17.0 Å². The predicted octanol–water partition coefficient (Wildman–Crippen LogP) is 2.91. The number of hydrogen-bond donors (Lipinski definition) is 1. The first-order chi connectivity index (χ1) is 8.65. The number of ether oxygens (including phenoxy) is 1. The van der Waals surface area contributed by atoms with Crippen molar-refractivity contribution >= 4 is 17.3 Å². The number of nitrogens with two attached hydrogens (primary N) is 1. The normalized spacial score (nSPS) is 21.1. The molecule has 4 heteroatoms. The molecule has 2 N–H and O–H groups in total. The van der Waals surface area contributed by atoms with Crippen molar-refractivity contribution in [2.24, 2.45) is 11.7 Å². The summed E-state index contributed by atoms with van der Waals surface area (Å²) in [5.41, 5.74) is 7.28. The van der Waals surface area contributed by atoms with Crippen LogP contribution in [0.25, 0.3) is 0 Å². The largest absolute Gasteiger partial charge is 0.495 e. The highest BCUT2D eigenvalue weighted by Gasteiger charge is 2.26. The molecule has 1 aliphatic heterocycles. The number of hydrogen-bond acceptors (Lipinski definition) is 3. The number of methoxy groups -OCH3 is 1. The molecular formula is C14H21ClN2O. The fraction of sp³-hybridized carbons (Fsp3) is 0.571. The van der Waals surface area contributed by atoms with Crippen LogP contribution in [0.5, 0.6) is 5.75 Å². The lowest BCUT2D eigenvalue weighted by Crippen LogP contribution is -2.31. The Hall–Kier alpha value is -0.930. The van der Waals surface area contributed by atoms with Gasteiger partial charge >= 0.3 is 0 Å². The van der Waals surface area contributed by atoms with E-state index in [1.165, 1.54) is 6.42 Å². The summed E-state index contributed by atoms with van der Waals surface area (Å²) in [6.45, 7) is 4.23. The summed E-state index contributed by atoms with van der Waals surface area (Å²) in [6, 6.07) is 6.26. The molecule has 100 valence electrons. The van der Waals surface area contributed by atoms with Gasteiger partial charge in [-0.3, -0.25) is 0 Å². The number of nitrogens with zero attached hydrogens (tertiary/aromatic N) is 1. The lowest BCUT2D eigenvalue weighted by atomic mass is 9.98. The molecule has 0 saturated carbocycles. The second kappa shape index (κ2) is 5.81. The van der Waals surface area contributed by atoms with Crippen LogP contribution >= 0.6 is 11.6 Å². The summed E-state index contributed by atoms with van der Waals surface area (Å²) in [5.74, 6) is 1.32. The SMILES string of the molecule is CCC(N)C1CCN(c2ccc(OC)c(Cl)c2)C1. The lowest BCUT2D eigenvalue weighted by molar-refractivity contribution is 0.415. The first-order valence-electron chi connectivity index (χ1n) is 6.49. The third-order valence-electron chi connectivity index (χ3n) is 3.80. The Kier molecular flexibility index (Phi) is 4.36. The zero-order valence-corrected chi connectivity index (χ0v) is 11.8. The molecule has 2 unspecified atom stereocenters. The van der Waals surface area contributed by atoms with Gasteiger partial charge in [-0.15, -0.1) is 0 Å². The highest BCUT2D eigenvalue weighted by atomic mass is 35.5. The van der Waals surface area contributed by atoms with Crippen LogP contribution in [0.15, 0.2) is 18.2 Å². The molecule has 0 spiro atoms. The van der Waals surface area contributed by atoms with Crippen LogP contribution in [0, 0.1) is 5.92 Å². The Morgan fingerprint density at radius 1 is 1.56 bits per heavy atom. The molecule has 0 aliphatic carbocycles. The van der Waals surface area contributed by atoms with Crippen molar-refractivity contribution in [1.82, 2.24) is 0 Å². The number of rotatable bonds is 4. The fourth-order valence-electron chi connectivity index (χ4n) is 2.56. The van der Waals surface area contributed by atoms with Gasteiger partial charge in [0.25, 0.3) is 0 Å². The zero-order valence-electron chi connectivity index (χ0n) is 11.0. The van der Waals surface area contributed by atoms with Crippen molar-refractivity contribution in [1.29, 1.82) is 0 Å². The maximum absolute atomic E-state index is 6.16. The Labute approximate surface area is 114 Å². The topological polar surface area (TPSA) is 38.5 Å². The van der Waals surface area contributed by atoms with E-state index in [-0.39, 0.29) is 0 Å². The van der Waals surface area contributed by atoms with Crippen molar-refractivity contribution < 1.29 is 4.74 Å². The molecule has 1 aliphatic rings. The maximum Gasteiger partial charge on any atom is 0.137 e. The fourth-order valence-corrected chi connectivity index (χ4v) is 2.81. The third-order valence-corrected chi connectivity index (χ3v) is 4.10. The van der Waals surface area contributed by atoms with E-state index in [1.54, 1.807) is 7.11 Å². The van der Waals surface area contributed by atoms with Crippen LogP contribution in [0.3, 0.4) is 0 Å². The Balaban J connectivity index is 2.07. The average Bonchev–Trinajstić information content (AvgIpc) is 2.87. The van der Waals surface area contributed by atoms with E-state index >= 15 is 0 Å². The quantitative estimate of drug-likeness (QED) is 0.913. The minimum absolute atomic E-state index is 0.309. The Morgan fingerprint density at radius 2 is 2.33 bits per heavy atom. The summed E-state index contributed by atoms with van der Waals surface area (Å²) >= 11 is 6.16. The monoisotopic (exact) mass is 268 g/mol. The molecule has 0 bridgehead atoms. The number of halogens is 1. The van der Waals surface area contributed by atoms with Crippen molar-refractivity contribution in [3.63, 3.8) is 0 Å². The van der Waals surface area contributed by atoms with Gasteiger partial charge in [0.05, 0.1) is 12.1 Å². The molecule has 1 saturated heterocycles.